The van der Waals surface area contributed by atoms with Gasteiger partial charge in [-0.25, -0.2) is 9.55 Å². The van der Waals surface area contributed by atoms with Crippen molar-refractivity contribution >= 4 is 0 Å². The lowest BCUT2D eigenvalue weighted by molar-refractivity contribution is -0.711. The largest absolute Gasteiger partial charge is 0.281 e. The highest BCUT2D eigenvalue weighted by atomic mass is 15.2. The summed E-state index contributed by atoms with van der Waals surface area (Å²) in [6.45, 7) is 2.07. The molecule has 48 valence electrons. The van der Waals surface area contributed by atoms with Crippen LogP contribution in [0.2, 0.25) is 0 Å². The maximum absolute atomic E-state index is 3.27. The molecule has 1 aromatic heterocycles. The van der Waals surface area contributed by atoms with E-state index in [1.807, 2.05) is 6.33 Å². The van der Waals surface area contributed by atoms with E-state index < -0.39 is 0 Å². The summed E-state index contributed by atoms with van der Waals surface area (Å²) in [6.07, 6.45) is 5.19. The fourth-order valence-electron chi connectivity index (χ4n) is 1.17. The van der Waals surface area contributed by atoms with Crippen LogP contribution in [0.1, 0.15) is 5.69 Å². The van der Waals surface area contributed by atoms with Gasteiger partial charge < -0.3 is 0 Å². The van der Waals surface area contributed by atoms with E-state index >= 15 is 0 Å². The van der Waals surface area contributed by atoms with Gasteiger partial charge in [0, 0.05) is 13.0 Å². The van der Waals surface area contributed by atoms with Crippen LogP contribution >= 0.6 is 0 Å². The van der Waals surface area contributed by atoms with Crippen LogP contribution in [0.3, 0.4) is 0 Å². The zero-order valence-electron chi connectivity index (χ0n) is 5.22. The van der Waals surface area contributed by atoms with Crippen LogP contribution in [0, 0.1) is 0 Å². The van der Waals surface area contributed by atoms with Crippen molar-refractivity contribution in [1.29, 1.82) is 0 Å². The summed E-state index contributed by atoms with van der Waals surface area (Å²) in [7, 11) is 0. The average molecular weight is 124 g/mol. The van der Waals surface area contributed by atoms with Crippen LogP contribution < -0.4 is 9.88 Å². The Morgan fingerprint density at radius 2 is 2.56 bits per heavy atom. The van der Waals surface area contributed by atoms with Crippen LogP contribution in [-0.2, 0) is 13.1 Å². The lowest BCUT2D eigenvalue weighted by atomic mass is 10.3. The second-order valence-corrected chi connectivity index (χ2v) is 2.31. The van der Waals surface area contributed by atoms with Crippen molar-refractivity contribution in [1.82, 2.24) is 10.3 Å². The van der Waals surface area contributed by atoms with Gasteiger partial charge in [-0.05, 0) is 0 Å². The lowest BCUT2D eigenvalue weighted by Gasteiger charge is -2.08. The third-order valence-electron chi connectivity index (χ3n) is 1.69. The zero-order chi connectivity index (χ0) is 6.10. The van der Waals surface area contributed by atoms with Gasteiger partial charge >= 0.3 is 0 Å². The van der Waals surface area contributed by atoms with Crippen molar-refractivity contribution in [3.05, 3.63) is 18.2 Å². The quantitative estimate of drug-likeness (QED) is 0.445. The fourth-order valence-corrected chi connectivity index (χ4v) is 1.17. The summed E-state index contributed by atoms with van der Waals surface area (Å²) in [5.74, 6) is 0. The molecule has 1 aromatic rings. The first-order chi connectivity index (χ1) is 4.47. The third-order valence-corrected chi connectivity index (χ3v) is 1.69. The van der Waals surface area contributed by atoms with E-state index in [1.165, 1.54) is 5.69 Å². The lowest BCUT2D eigenvalue weighted by Crippen LogP contribution is -2.48. The van der Waals surface area contributed by atoms with E-state index in [-0.39, 0.29) is 0 Å². The molecule has 3 nitrogen and oxygen atoms in total. The van der Waals surface area contributed by atoms with Gasteiger partial charge in [0.1, 0.15) is 18.6 Å². The number of imidazole rings is 1. The molecular formula is C6H10N3+. The Morgan fingerprint density at radius 1 is 1.56 bits per heavy atom. The van der Waals surface area contributed by atoms with Gasteiger partial charge in [-0.15, -0.1) is 0 Å². The normalized spacial score (nSPS) is 17.3. The van der Waals surface area contributed by atoms with E-state index in [4.69, 9.17) is 0 Å². The standard InChI is InChI=1S/C6H9N3/c1-2-7-4-9-5-8-3-6(1)9/h3,5,7H,1-2,4H2/p+1. The Bertz CT molecular complexity index is 183. The molecule has 0 aromatic carbocycles. The predicted molar refractivity (Wildman–Crippen MR) is 32.7 cm³/mol. The van der Waals surface area contributed by atoms with Crippen molar-refractivity contribution in [2.75, 3.05) is 6.54 Å². The molecule has 1 aliphatic rings. The van der Waals surface area contributed by atoms with Crippen molar-refractivity contribution in [2.45, 2.75) is 13.1 Å². The molecule has 0 saturated heterocycles. The summed E-state index contributed by atoms with van der Waals surface area (Å²) >= 11 is 0. The number of rotatable bonds is 0. The van der Waals surface area contributed by atoms with Gasteiger partial charge in [0.2, 0.25) is 6.33 Å². The van der Waals surface area contributed by atoms with Gasteiger partial charge in [0.05, 0.1) is 0 Å². The summed E-state index contributed by atoms with van der Waals surface area (Å²) in [5.41, 5.74) is 1.40. The van der Waals surface area contributed by atoms with Crippen LogP contribution in [-0.4, -0.2) is 11.5 Å². The SMILES string of the molecule is c1[nH]c[n+]2c1CCNC2. The molecule has 3 heteroatoms. The van der Waals surface area contributed by atoms with E-state index in [1.54, 1.807) is 0 Å². The zero-order valence-corrected chi connectivity index (χ0v) is 5.22. The molecule has 0 bridgehead atoms. The van der Waals surface area contributed by atoms with Crippen molar-refractivity contribution < 1.29 is 4.57 Å². The van der Waals surface area contributed by atoms with Gasteiger partial charge in [-0.1, -0.05) is 0 Å². The van der Waals surface area contributed by atoms with Crippen LogP contribution in [0.5, 0.6) is 0 Å². The molecule has 0 amide bonds. The van der Waals surface area contributed by atoms with E-state index in [2.05, 4.69) is 21.1 Å². The number of hydrogen-bond acceptors (Lipinski definition) is 1. The van der Waals surface area contributed by atoms with Gasteiger partial charge in [-0.2, -0.15) is 0 Å². The van der Waals surface area contributed by atoms with Crippen LogP contribution in [0.4, 0.5) is 0 Å². The summed E-state index contributed by atoms with van der Waals surface area (Å²) in [4.78, 5) is 3.06. The first-order valence-electron chi connectivity index (χ1n) is 3.22. The molecule has 0 saturated carbocycles. The van der Waals surface area contributed by atoms with Crippen molar-refractivity contribution in [2.24, 2.45) is 0 Å². The number of H-pyrrole nitrogens is 1. The van der Waals surface area contributed by atoms with Gasteiger partial charge in [0.25, 0.3) is 0 Å². The molecule has 2 rings (SSSR count). The summed E-state index contributed by atoms with van der Waals surface area (Å²) in [6, 6.07) is 0. The molecule has 0 aliphatic carbocycles. The number of nitrogens with zero attached hydrogens (tertiary/aromatic N) is 1. The minimum atomic E-state index is 0.957. The number of hydrogen-bond donors (Lipinski definition) is 2. The molecule has 0 spiro atoms. The second kappa shape index (κ2) is 1.84. The fraction of sp³-hybridized carbons (Fsp3) is 0.500. The predicted octanol–water partition coefficient (Wildman–Crippen LogP) is -0.595. The van der Waals surface area contributed by atoms with E-state index in [0.29, 0.717) is 0 Å². The number of aromatic amines is 1. The Kier molecular flexibility index (Phi) is 1.02. The first-order valence-corrected chi connectivity index (χ1v) is 3.22. The number of fused-ring (bicyclic) bond motifs is 1. The molecule has 0 unspecified atom stereocenters. The van der Waals surface area contributed by atoms with Crippen molar-refractivity contribution in [3.63, 3.8) is 0 Å². The number of aromatic nitrogens is 2. The molecule has 9 heavy (non-hydrogen) atoms. The topological polar surface area (TPSA) is 31.7 Å². The Balaban J connectivity index is 2.39. The maximum atomic E-state index is 3.27. The minimum absolute atomic E-state index is 0.957. The molecule has 0 fully saturated rings. The average Bonchev–Trinajstić information content (AvgIpc) is 2.33. The molecule has 0 atom stereocenters. The van der Waals surface area contributed by atoms with E-state index in [9.17, 15) is 0 Å². The third kappa shape index (κ3) is 0.733. The molecule has 2 N–H and O–H groups in total. The summed E-state index contributed by atoms with van der Waals surface area (Å²) < 4.78 is 2.18. The Hall–Kier alpha value is -0.830. The molecule has 2 heterocycles. The number of nitrogens with one attached hydrogen (secondary N) is 2. The maximum Gasteiger partial charge on any atom is 0.242 e. The summed E-state index contributed by atoms with van der Waals surface area (Å²) in [5, 5.41) is 3.27. The monoisotopic (exact) mass is 124 g/mol. The molecular weight excluding hydrogens is 114 g/mol. The Labute approximate surface area is 53.7 Å². The highest BCUT2D eigenvalue weighted by Crippen LogP contribution is 1.92. The Morgan fingerprint density at radius 3 is 3.44 bits per heavy atom. The highest BCUT2D eigenvalue weighted by Gasteiger charge is 2.11. The first kappa shape index (κ1) is 4.99. The molecule has 0 radical (unpaired) electrons. The smallest absolute Gasteiger partial charge is 0.242 e. The van der Waals surface area contributed by atoms with Crippen LogP contribution in [0.25, 0.3) is 0 Å². The van der Waals surface area contributed by atoms with Crippen LogP contribution in [0.15, 0.2) is 12.5 Å². The second-order valence-electron chi connectivity index (χ2n) is 2.31. The molecule has 1 aliphatic heterocycles. The van der Waals surface area contributed by atoms with Gasteiger partial charge in [0.15, 0.2) is 0 Å². The van der Waals surface area contributed by atoms with Crippen molar-refractivity contribution in [3.8, 4) is 0 Å². The highest BCUT2D eigenvalue weighted by molar-refractivity contribution is 4.87. The minimum Gasteiger partial charge on any atom is -0.281 e. The van der Waals surface area contributed by atoms with Gasteiger partial charge in [-0.3, -0.25) is 5.32 Å². The van der Waals surface area contributed by atoms with E-state index in [0.717, 1.165) is 19.6 Å².